The molecule has 0 fully saturated rings. The molecule has 1 aliphatic carbocycles. The van der Waals surface area contributed by atoms with Gasteiger partial charge >= 0.3 is 0 Å². The van der Waals surface area contributed by atoms with Crippen LogP contribution in [0.4, 0.5) is 0 Å². The van der Waals surface area contributed by atoms with Gasteiger partial charge in [-0.15, -0.1) is 0 Å². The van der Waals surface area contributed by atoms with Gasteiger partial charge < -0.3 is 0 Å². The predicted octanol–water partition coefficient (Wildman–Crippen LogP) is 7.16. The first-order valence-electron chi connectivity index (χ1n) is 9.56. The molecule has 1 rings (SSSR count). The number of rotatable bonds is 9. The lowest BCUT2D eigenvalue weighted by atomic mass is 9.73. The van der Waals surface area contributed by atoms with E-state index < -0.39 is 0 Å². The summed E-state index contributed by atoms with van der Waals surface area (Å²) in [5.41, 5.74) is 3.33. The van der Waals surface area contributed by atoms with Gasteiger partial charge in [-0.3, -0.25) is 4.79 Å². The van der Waals surface area contributed by atoms with Crippen molar-refractivity contribution in [1.82, 2.24) is 0 Å². The average molecular weight is 361 g/mol. The first-order chi connectivity index (χ1) is 13.1. The Bertz CT molecular complexity index is 713. The first-order valence-corrected chi connectivity index (χ1v) is 9.56. The van der Waals surface area contributed by atoms with Crippen molar-refractivity contribution < 1.29 is 4.79 Å². The zero-order valence-electron chi connectivity index (χ0n) is 16.8. The van der Waals surface area contributed by atoms with Gasteiger partial charge in [-0.25, -0.2) is 0 Å². The second-order valence-electron chi connectivity index (χ2n) is 7.12. The molecule has 1 heteroatoms. The molecule has 1 nitrogen and oxygen atoms in total. The molecule has 0 saturated carbocycles. The summed E-state index contributed by atoms with van der Waals surface area (Å²) >= 11 is 0. The van der Waals surface area contributed by atoms with Crippen LogP contribution in [0.2, 0.25) is 0 Å². The van der Waals surface area contributed by atoms with E-state index in [1.807, 2.05) is 66.8 Å². The van der Waals surface area contributed by atoms with E-state index in [0.717, 1.165) is 6.29 Å². The Hall–Kier alpha value is -2.67. The predicted molar refractivity (Wildman–Crippen MR) is 120 cm³/mol. The molecule has 0 spiro atoms. The van der Waals surface area contributed by atoms with Crippen molar-refractivity contribution in [2.75, 3.05) is 0 Å². The lowest BCUT2D eigenvalue weighted by molar-refractivity contribution is -0.104. The smallest absolute Gasteiger partial charge is 0.142 e. The molecule has 0 saturated heterocycles. The Kier molecular flexibility index (Phi) is 11.2. The quantitative estimate of drug-likeness (QED) is 0.242. The molecule has 27 heavy (non-hydrogen) atoms. The second kappa shape index (κ2) is 13.5. The molecule has 0 aromatic carbocycles. The molecule has 0 unspecified atom stereocenters. The number of hydrogen-bond acceptors (Lipinski definition) is 1. The van der Waals surface area contributed by atoms with Crippen molar-refractivity contribution in [2.45, 2.75) is 40.0 Å². The molecule has 0 aromatic rings. The van der Waals surface area contributed by atoms with E-state index in [4.69, 9.17) is 0 Å². The molecule has 142 valence electrons. The third kappa shape index (κ3) is 10.2. The van der Waals surface area contributed by atoms with Crippen LogP contribution < -0.4 is 0 Å². The van der Waals surface area contributed by atoms with Crippen molar-refractivity contribution in [1.29, 1.82) is 0 Å². The topological polar surface area (TPSA) is 17.1 Å². The monoisotopic (exact) mass is 360 g/mol. The van der Waals surface area contributed by atoms with Crippen LogP contribution in [-0.4, -0.2) is 6.29 Å². The Balaban J connectivity index is 2.36. The summed E-state index contributed by atoms with van der Waals surface area (Å²) < 4.78 is 0. The van der Waals surface area contributed by atoms with Crippen molar-refractivity contribution in [3.8, 4) is 0 Å². The molecule has 0 radical (unpaired) electrons. The Morgan fingerprint density at radius 2 is 1.07 bits per heavy atom. The van der Waals surface area contributed by atoms with Gasteiger partial charge in [0, 0.05) is 0 Å². The summed E-state index contributed by atoms with van der Waals surface area (Å²) in [4.78, 5) is 10.1. The fraction of sp³-hybridized carbons (Fsp3) is 0.269. The van der Waals surface area contributed by atoms with E-state index in [-0.39, 0.29) is 0 Å². The highest BCUT2D eigenvalue weighted by molar-refractivity contribution is 5.65. The van der Waals surface area contributed by atoms with E-state index in [1.165, 1.54) is 36.5 Å². The van der Waals surface area contributed by atoms with Gasteiger partial charge in [-0.05, 0) is 43.3 Å². The highest BCUT2D eigenvalue weighted by Crippen LogP contribution is 2.40. The maximum atomic E-state index is 10.1. The molecule has 0 aliphatic heterocycles. The summed E-state index contributed by atoms with van der Waals surface area (Å²) in [7, 11) is 0. The fourth-order valence-electron chi connectivity index (χ4n) is 3.04. The van der Waals surface area contributed by atoms with Gasteiger partial charge in [-0.2, -0.15) is 0 Å². The van der Waals surface area contributed by atoms with Gasteiger partial charge in [0.05, 0.1) is 0 Å². The van der Waals surface area contributed by atoms with Crippen molar-refractivity contribution in [3.63, 3.8) is 0 Å². The van der Waals surface area contributed by atoms with Crippen molar-refractivity contribution in [3.05, 3.63) is 108 Å². The molecule has 0 amide bonds. The van der Waals surface area contributed by atoms with E-state index in [1.54, 1.807) is 6.08 Å². The second-order valence-corrected chi connectivity index (χ2v) is 7.12. The summed E-state index contributed by atoms with van der Waals surface area (Å²) in [5.74, 6) is 0. The highest BCUT2D eigenvalue weighted by atomic mass is 16.1. The van der Waals surface area contributed by atoms with Crippen LogP contribution in [0, 0.1) is 5.41 Å². The van der Waals surface area contributed by atoms with Gasteiger partial charge in [0.25, 0.3) is 0 Å². The summed E-state index contributed by atoms with van der Waals surface area (Å²) in [5, 5.41) is 0. The molecule has 0 aromatic heterocycles. The number of carbonyl (C=O) groups is 1. The van der Waals surface area contributed by atoms with Gasteiger partial charge in [0.15, 0.2) is 0 Å². The molecular formula is C26H32O. The van der Waals surface area contributed by atoms with Crippen molar-refractivity contribution in [2.24, 2.45) is 5.41 Å². The highest BCUT2D eigenvalue weighted by Gasteiger charge is 2.26. The first kappa shape index (κ1) is 22.4. The molecular weight excluding hydrogens is 328 g/mol. The maximum Gasteiger partial charge on any atom is 0.142 e. The zero-order valence-corrected chi connectivity index (χ0v) is 16.8. The summed E-state index contributed by atoms with van der Waals surface area (Å²) in [6.07, 6.45) is 35.7. The molecule has 0 atom stereocenters. The van der Waals surface area contributed by atoms with E-state index in [9.17, 15) is 4.79 Å². The van der Waals surface area contributed by atoms with Crippen LogP contribution in [0.15, 0.2) is 108 Å². The van der Waals surface area contributed by atoms with E-state index in [2.05, 4.69) is 39.0 Å². The average Bonchev–Trinajstić information content (AvgIpc) is 2.63. The zero-order chi connectivity index (χ0) is 19.8. The number of allylic oxidation sites excluding steroid dienone is 18. The van der Waals surface area contributed by atoms with E-state index in [0.29, 0.717) is 5.41 Å². The Labute approximate surface area is 165 Å². The summed E-state index contributed by atoms with van der Waals surface area (Å²) in [6, 6.07) is 0. The number of carbonyl (C=O) groups excluding carboxylic acids is 1. The minimum Gasteiger partial charge on any atom is -0.299 e. The SMILES string of the molecule is CC1=C(/C=C/C=C/C=C/C=C/C=C/C=C/C=C/C=C/C=O)C(C)(C)CCC1. The number of hydrogen-bond donors (Lipinski definition) is 0. The van der Waals surface area contributed by atoms with Gasteiger partial charge in [0.2, 0.25) is 0 Å². The molecule has 0 heterocycles. The van der Waals surface area contributed by atoms with Crippen LogP contribution in [0.3, 0.4) is 0 Å². The van der Waals surface area contributed by atoms with Crippen LogP contribution in [-0.2, 0) is 4.79 Å². The Morgan fingerprint density at radius 1 is 0.667 bits per heavy atom. The van der Waals surface area contributed by atoms with Crippen LogP contribution in [0.1, 0.15) is 40.0 Å². The standard InChI is InChI=1S/C26H32O/c1-24-20-19-22-26(2,3)25(24)21-17-15-13-11-9-7-5-4-6-8-10-12-14-16-18-23-27/h4-18,21,23H,19-20,22H2,1-3H3/b6-4+,7-5+,10-8+,11-9+,14-12+,15-13+,18-16+,21-17+. The van der Waals surface area contributed by atoms with E-state index >= 15 is 0 Å². The third-order valence-electron chi connectivity index (χ3n) is 4.44. The third-order valence-corrected chi connectivity index (χ3v) is 4.44. The Morgan fingerprint density at radius 3 is 1.48 bits per heavy atom. The van der Waals surface area contributed by atoms with Gasteiger partial charge in [-0.1, -0.05) is 111 Å². The minimum absolute atomic E-state index is 0.300. The van der Waals surface area contributed by atoms with Crippen LogP contribution in [0.5, 0.6) is 0 Å². The molecule has 0 N–H and O–H groups in total. The summed E-state index contributed by atoms with van der Waals surface area (Å²) in [6.45, 7) is 6.94. The normalized spacial score (nSPS) is 19.1. The number of aldehydes is 1. The molecule has 0 bridgehead atoms. The largest absolute Gasteiger partial charge is 0.299 e. The lowest BCUT2D eigenvalue weighted by Crippen LogP contribution is -2.18. The van der Waals surface area contributed by atoms with Gasteiger partial charge in [0.1, 0.15) is 6.29 Å². The van der Waals surface area contributed by atoms with Crippen LogP contribution in [0.25, 0.3) is 0 Å². The minimum atomic E-state index is 0.300. The maximum absolute atomic E-state index is 10.1. The van der Waals surface area contributed by atoms with Crippen molar-refractivity contribution >= 4 is 6.29 Å². The van der Waals surface area contributed by atoms with Crippen LogP contribution >= 0.6 is 0 Å². The fourth-order valence-corrected chi connectivity index (χ4v) is 3.04. The lowest BCUT2D eigenvalue weighted by Gasteiger charge is -2.32. The molecule has 1 aliphatic rings.